The van der Waals surface area contributed by atoms with Gasteiger partial charge in [-0.2, -0.15) is 41.9 Å². The highest BCUT2D eigenvalue weighted by Gasteiger charge is 2.35. The lowest BCUT2D eigenvalue weighted by molar-refractivity contribution is -0.138. The van der Waals surface area contributed by atoms with Crippen molar-refractivity contribution in [2.45, 2.75) is 6.18 Å². The Morgan fingerprint density at radius 2 is 0.953 bits per heavy atom. The molecule has 16 nitrogen and oxygen atoms in total. The SMILES string of the molecule is CNC(=O)/C(=N/OC)c1ccc(F)cc1Oc1ncnc(Oc2ccccc2)c1F.CNC(=O)/C(=N/OC)c1ccc(F)cc1Oc1ncnc(Oc2ccccc2C(F)(F)F)c1F. The van der Waals surface area contributed by atoms with Gasteiger partial charge in [0.2, 0.25) is 11.6 Å². The zero-order valence-electron chi connectivity index (χ0n) is 33.4. The largest absolute Gasteiger partial charge is 0.436 e. The summed E-state index contributed by atoms with van der Waals surface area (Å²) < 4.78 is 118. The maximum atomic E-state index is 15.0. The Balaban J connectivity index is 0.000000243. The first-order valence-electron chi connectivity index (χ1n) is 17.9. The number of nitrogens with zero attached hydrogens (tertiary/aromatic N) is 6. The first-order valence-corrected chi connectivity index (χ1v) is 17.9. The number of alkyl halides is 3. The molecule has 0 saturated carbocycles. The van der Waals surface area contributed by atoms with Crippen LogP contribution < -0.4 is 29.6 Å². The summed E-state index contributed by atoms with van der Waals surface area (Å²) in [5.41, 5.74) is -1.73. The molecule has 0 aliphatic heterocycles. The van der Waals surface area contributed by atoms with Gasteiger partial charge in [-0.3, -0.25) is 9.59 Å². The van der Waals surface area contributed by atoms with Crippen molar-refractivity contribution in [1.82, 2.24) is 30.6 Å². The van der Waals surface area contributed by atoms with Crippen LogP contribution in [0.2, 0.25) is 0 Å². The Morgan fingerprint density at radius 3 is 1.38 bits per heavy atom. The van der Waals surface area contributed by atoms with Gasteiger partial charge < -0.3 is 39.3 Å². The summed E-state index contributed by atoms with van der Waals surface area (Å²) in [6.45, 7) is 0. The Kier molecular flexibility index (Phi) is 15.6. The number of ether oxygens (including phenoxy) is 4. The number of carbonyl (C=O) groups is 2. The van der Waals surface area contributed by atoms with Gasteiger partial charge in [-0.1, -0.05) is 40.6 Å². The minimum atomic E-state index is -4.77. The molecule has 23 heteroatoms. The summed E-state index contributed by atoms with van der Waals surface area (Å²) in [5.74, 6) is -8.79. The van der Waals surface area contributed by atoms with Gasteiger partial charge in [0.15, 0.2) is 11.4 Å². The number of likely N-dealkylation sites (N-methyl/N-ethyl adjacent to an activating group) is 2. The zero-order valence-corrected chi connectivity index (χ0v) is 33.4. The topological polar surface area (TPSA) is 190 Å². The van der Waals surface area contributed by atoms with E-state index < -0.39 is 76.0 Å². The van der Waals surface area contributed by atoms with Gasteiger partial charge in [0.1, 0.15) is 61.5 Å². The van der Waals surface area contributed by atoms with Crippen LogP contribution >= 0.6 is 0 Å². The predicted octanol–water partition coefficient (Wildman–Crippen LogP) is 7.89. The number of halogens is 7. The van der Waals surface area contributed by atoms with Crippen molar-refractivity contribution in [3.8, 4) is 46.5 Å². The number of rotatable bonds is 14. The Labute approximate surface area is 357 Å². The molecule has 64 heavy (non-hydrogen) atoms. The van der Waals surface area contributed by atoms with Gasteiger partial charge in [-0.05, 0) is 48.5 Å². The number of hydrogen-bond acceptors (Lipinski definition) is 14. The van der Waals surface area contributed by atoms with Gasteiger partial charge >= 0.3 is 6.18 Å². The van der Waals surface area contributed by atoms with Crippen LogP contribution in [0.1, 0.15) is 16.7 Å². The van der Waals surface area contributed by atoms with Crippen LogP contribution in [-0.4, -0.2) is 71.5 Å². The number of nitrogens with one attached hydrogen (secondary N) is 2. The van der Waals surface area contributed by atoms with Crippen LogP contribution in [0.25, 0.3) is 0 Å². The first-order chi connectivity index (χ1) is 30.7. The molecule has 6 aromatic rings. The van der Waals surface area contributed by atoms with E-state index >= 15 is 0 Å². The molecule has 0 atom stereocenters. The molecule has 0 spiro atoms. The monoisotopic (exact) mass is 896 g/mol. The molecule has 0 saturated heterocycles. The number of para-hydroxylation sites is 2. The molecule has 6 rings (SSSR count). The highest BCUT2D eigenvalue weighted by atomic mass is 19.4. The van der Waals surface area contributed by atoms with E-state index in [1.54, 1.807) is 30.3 Å². The molecule has 2 aromatic heterocycles. The second-order valence-electron chi connectivity index (χ2n) is 12.0. The lowest BCUT2D eigenvalue weighted by Crippen LogP contribution is -2.29. The molecule has 4 aromatic carbocycles. The summed E-state index contributed by atoms with van der Waals surface area (Å²) in [5, 5.41) is 11.9. The molecule has 332 valence electrons. The van der Waals surface area contributed by atoms with Crippen LogP contribution in [0.5, 0.6) is 46.5 Å². The molecule has 0 aliphatic rings. The third kappa shape index (κ3) is 11.7. The maximum Gasteiger partial charge on any atom is 0.419 e. The smallest absolute Gasteiger partial charge is 0.419 e. The Hall–Kier alpha value is -8.37. The van der Waals surface area contributed by atoms with E-state index in [2.05, 4.69) is 50.6 Å². The van der Waals surface area contributed by atoms with E-state index in [-0.39, 0.29) is 34.2 Å². The molecule has 0 radical (unpaired) electrons. The minimum absolute atomic E-state index is 0.0566. The lowest BCUT2D eigenvalue weighted by Gasteiger charge is -2.15. The van der Waals surface area contributed by atoms with E-state index in [0.717, 1.165) is 61.2 Å². The number of oxime groups is 2. The van der Waals surface area contributed by atoms with Gasteiger partial charge in [-0.15, -0.1) is 0 Å². The highest BCUT2D eigenvalue weighted by Crippen LogP contribution is 2.39. The molecule has 2 heterocycles. The molecule has 0 unspecified atom stereocenters. The van der Waals surface area contributed by atoms with E-state index in [4.69, 9.17) is 18.9 Å². The maximum absolute atomic E-state index is 15.0. The van der Waals surface area contributed by atoms with Crippen molar-refractivity contribution in [3.63, 3.8) is 0 Å². The first kappa shape index (κ1) is 46.7. The average Bonchev–Trinajstić information content (AvgIpc) is 3.28. The number of benzene rings is 4. The predicted molar refractivity (Wildman–Crippen MR) is 210 cm³/mol. The summed E-state index contributed by atoms with van der Waals surface area (Å²) in [6.07, 6.45) is -2.97. The standard InChI is InChI=1S/C21H15F5N4O4.C20H16F2N4O4/c1-27-18(31)17(30-32-2)12-8-7-11(22)9-15(12)34-20-16(23)19(28-10-29-20)33-14-6-4-3-5-13(14)21(24,25)26;1-23-18(27)17(26-28-2)14-9-8-12(21)10-15(14)30-20-16(22)19(24-11-25-20)29-13-6-4-3-5-7-13/h3-10H,1-2H3,(H,27,31);3-11H,1-2H3,(H,23,27)/b30-17+;26-17+. The van der Waals surface area contributed by atoms with E-state index in [9.17, 15) is 40.3 Å². The number of hydrogen-bond donors (Lipinski definition) is 2. The second-order valence-corrected chi connectivity index (χ2v) is 12.0. The molecule has 0 bridgehead atoms. The average molecular weight is 897 g/mol. The fourth-order valence-electron chi connectivity index (χ4n) is 5.06. The van der Waals surface area contributed by atoms with E-state index in [1.165, 1.54) is 40.4 Å². The molecular formula is C41H31F7N8O8. The lowest BCUT2D eigenvalue weighted by atomic mass is 10.1. The van der Waals surface area contributed by atoms with Gasteiger partial charge in [0.05, 0.1) is 16.7 Å². The number of amides is 2. The third-order valence-electron chi connectivity index (χ3n) is 7.87. The van der Waals surface area contributed by atoms with E-state index in [1.807, 2.05) is 0 Å². The summed E-state index contributed by atoms with van der Waals surface area (Å²) in [7, 11) is 5.10. The summed E-state index contributed by atoms with van der Waals surface area (Å²) in [6, 6.07) is 18.8. The zero-order chi connectivity index (χ0) is 46.4. The second kappa shape index (κ2) is 21.4. The third-order valence-corrected chi connectivity index (χ3v) is 7.87. The minimum Gasteiger partial charge on any atom is -0.436 e. The van der Waals surface area contributed by atoms with Crippen LogP contribution in [0.3, 0.4) is 0 Å². The quantitative estimate of drug-likeness (QED) is 0.0612. The van der Waals surface area contributed by atoms with Crippen molar-refractivity contribution in [2.75, 3.05) is 28.3 Å². The van der Waals surface area contributed by atoms with Crippen LogP contribution in [0.4, 0.5) is 30.7 Å². The van der Waals surface area contributed by atoms with Crippen molar-refractivity contribution in [1.29, 1.82) is 0 Å². The molecule has 2 amide bonds. The molecule has 2 N–H and O–H groups in total. The van der Waals surface area contributed by atoms with Crippen molar-refractivity contribution in [3.05, 3.63) is 144 Å². The molecule has 0 fully saturated rings. The van der Waals surface area contributed by atoms with Crippen molar-refractivity contribution in [2.24, 2.45) is 10.3 Å². The van der Waals surface area contributed by atoms with Gasteiger partial charge in [0.25, 0.3) is 35.3 Å². The fraction of sp³-hybridized carbons (Fsp3) is 0.122. The van der Waals surface area contributed by atoms with Crippen molar-refractivity contribution < 1.29 is 68.9 Å². The molecular weight excluding hydrogens is 865 g/mol. The summed E-state index contributed by atoms with van der Waals surface area (Å²) >= 11 is 0. The van der Waals surface area contributed by atoms with Gasteiger partial charge in [0, 0.05) is 26.2 Å². The van der Waals surface area contributed by atoms with Crippen molar-refractivity contribution >= 4 is 23.2 Å². The highest BCUT2D eigenvalue weighted by molar-refractivity contribution is 6.46. The number of carbonyl (C=O) groups excluding carboxylic acids is 2. The van der Waals surface area contributed by atoms with Crippen LogP contribution in [-0.2, 0) is 25.4 Å². The summed E-state index contributed by atoms with van der Waals surface area (Å²) in [4.78, 5) is 48.2. The fourth-order valence-corrected chi connectivity index (χ4v) is 5.06. The number of aromatic nitrogens is 4. The van der Waals surface area contributed by atoms with E-state index in [0.29, 0.717) is 5.75 Å². The Morgan fingerprint density at radius 1 is 0.547 bits per heavy atom. The van der Waals surface area contributed by atoms with Gasteiger partial charge in [-0.25, -0.2) is 8.78 Å². The molecule has 0 aliphatic carbocycles. The normalized spacial score (nSPS) is 11.4. The Bertz CT molecular complexity index is 2670. The van der Waals surface area contributed by atoms with Crippen LogP contribution in [0.15, 0.2) is 114 Å². The van der Waals surface area contributed by atoms with Crippen LogP contribution in [0, 0.1) is 23.3 Å².